The van der Waals surface area contributed by atoms with Crippen LogP contribution in [0.5, 0.6) is 5.75 Å². The van der Waals surface area contributed by atoms with Gasteiger partial charge in [0.05, 0.1) is 19.8 Å². The molecular weight excluding hydrogens is 364 g/mol. The molecule has 0 radical (unpaired) electrons. The number of aryl methyl sites for hydroxylation is 1. The van der Waals surface area contributed by atoms with Gasteiger partial charge < -0.3 is 24.1 Å². The molecule has 0 bridgehead atoms. The number of methoxy groups -OCH3 is 2. The molecule has 28 heavy (non-hydrogen) atoms. The number of aromatic nitrogens is 1. The molecule has 1 amide bonds. The van der Waals surface area contributed by atoms with Gasteiger partial charge in [-0.2, -0.15) is 0 Å². The van der Waals surface area contributed by atoms with Crippen molar-refractivity contribution in [3.8, 4) is 5.75 Å². The van der Waals surface area contributed by atoms with E-state index in [0.29, 0.717) is 17.8 Å². The Kier molecular flexibility index (Phi) is 6.81. The summed E-state index contributed by atoms with van der Waals surface area (Å²) < 4.78 is 14.9. The number of carbonyl (C=O) groups is 3. The average Bonchev–Trinajstić information content (AvgIpc) is 2.99. The van der Waals surface area contributed by atoms with E-state index in [0.717, 1.165) is 11.3 Å². The molecule has 0 unspecified atom stereocenters. The van der Waals surface area contributed by atoms with Gasteiger partial charge in [-0.05, 0) is 37.1 Å². The highest BCUT2D eigenvalue weighted by molar-refractivity contribution is 5.99. The fourth-order valence-electron chi connectivity index (χ4n) is 2.77. The summed E-state index contributed by atoms with van der Waals surface area (Å²) in [6.45, 7) is 3.23. The molecule has 0 aliphatic heterocycles. The number of rotatable bonds is 7. The minimum Gasteiger partial charge on any atom is -0.497 e. The largest absolute Gasteiger partial charge is 0.497 e. The van der Waals surface area contributed by atoms with E-state index in [1.807, 2.05) is 24.3 Å². The van der Waals surface area contributed by atoms with E-state index in [4.69, 9.17) is 14.2 Å². The maximum atomic E-state index is 12.3. The van der Waals surface area contributed by atoms with Crippen molar-refractivity contribution in [2.45, 2.75) is 20.4 Å². The van der Waals surface area contributed by atoms with Crippen LogP contribution in [0.1, 0.15) is 37.7 Å². The molecule has 0 atom stereocenters. The molecule has 0 saturated heterocycles. The van der Waals surface area contributed by atoms with Gasteiger partial charge in [0, 0.05) is 19.3 Å². The van der Waals surface area contributed by atoms with Gasteiger partial charge in [-0.1, -0.05) is 12.1 Å². The maximum Gasteiger partial charge on any atom is 0.355 e. The number of aromatic amines is 1. The SMILES string of the molecule is COC(=O)c1c(C)[nH]c(C(=O)OCC(=O)N(C)Cc2ccc(OC)cc2)c1C. The van der Waals surface area contributed by atoms with E-state index in [1.54, 1.807) is 28.0 Å². The predicted octanol–water partition coefficient (Wildman–Crippen LogP) is 2.24. The van der Waals surface area contributed by atoms with Gasteiger partial charge in [0.2, 0.25) is 0 Å². The van der Waals surface area contributed by atoms with Gasteiger partial charge >= 0.3 is 11.9 Å². The van der Waals surface area contributed by atoms with Gasteiger partial charge in [-0.25, -0.2) is 9.59 Å². The van der Waals surface area contributed by atoms with E-state index in [1.165, 1.54) is 12.0 Å². The van der Waals surface area contributed by atoms with Crippen molar-refractivity contribution < 1.29 is 28.6 Å². The number of esters is 2. The monoisotopic (exact) mass is 388 g/mol. The standard InChI is InChI=1S/C20H24N2O6/c1-12-17(19(24)27-5)13(2)21-18(12)20(25)28-11-16(23)22(3)10-14-6-8-15(26-4)9-7-14/h6-9,21H,10-11H2,1-5H3. The Hall–Kier alpha value is -3.29. The second kappa shape index (κ2) is 9.07. The summed E-state index contributed by atoms with van der Waals surface area (Å²) in [5.74, 6) is -0.865. The second-order valence-corrected chi connectivity index (χ2v) is 6.29. The van der Waals surface area contributed by atoms with Gasteiger partial charge in [-0.3, -0.25) is 4.79 Å². The highest BCUT2D eigenvalue weighted by Gasteiger charge is 2.24. The van der Waals surface area contributed by atoms with Crippen LogP contribution in [0.2, 0.25) is 0 Å². The average molecular weight is 388 g/mol. The quantitative estimate of drug-likeness (QED) is 0.731. The number of ether oxygens (including phenoxy) is 3. The fraction of sp³-hybridized carbons (Fsp3) is 0.350. The van der Waals surface area contributed by atoms with Crippen molar-refractivity contribution in [1.29, 1.82) is 0 Å². The van der Waals surface area contributed by atoms with Crippen LogP contribution in [0.3, 0.4) is 0 Å². The summed E-state index contributed by atoms with van der Waals surface area (Å²) in [6.07, 6.45) is 0. The first-order valence-electron chi connectivity index (χ1n) is 8.60. The highest BCUT2D eigenvalue weighted by Crippen LogP contribution is 2.19. The van der Waals surface area contributed by atoms with Gasteiger partial charge in [-0.15, -0.1) is 0 Å². The van der Waals surface area contributed by atoms with E-state index < -0.39 is 18.5 Å². The van der Waals surface area contributed by atoms with Gasteiger partial charge in [0.25, 0.3) is 5.91 Å². The van der Waals surface area contributed by atoms with Gasteiger partial charge in [0.15, 0.2) is 6.61 Å². The molecule has 0 aliphatic rings. The van der Waals surface area contributed by atoms with Crippen molar-refractivity contribution in [2.24, 2.45) is 0 Å². The molecule has 1 aromatic carbocycles. The molecule has 8 nitrogen and oxygen atoms in total. The minimum absolute atomic E-state index is 0.128. The van der Waals surface area contributed by atoms with Crippen LogP contribution >= 0.6 is 0 Å². The fourth-order valence-corrected chi connectivity index (χ4v) is 2.77. The lowest BCUT2D eigenvalue weighted by atomic mass is 10.1. The summed E-state index contributed by atoms with van der Waals surface area (Å²) in [6, 6.07) is 7.33. The molecule has 0 spiro atoms. The third kappa shape index (κ3) is 4.70. The zero-order chi connectivity index (χ0) is 20.8. The van der Waals surface area contributed by atoms with Crippen molar-refractivity contribution in [1.82, 2.24) is 9.88 Å². The van der Waals surface area contributed by atoms with Crippen LogP contribution in [0.4, 0.5) is 0 Å². The Morgan fingerprint density at radius 2 is 1.68 bits per heavy atom. The number of carbonyl (C=O) groups excluding carboxylic acids is 3. The first-order valence-corrected chi connectivity index (χ1v) is 8.60. The van der Waals surface area contributed by atoms with Crippen molar-refractivity contribution >= 4 is 17.8 Å². The Morgan fingerprint density at radius 3 is 2.25 bits per heavy atom. The molecule has 1 aromatic heterocycles. The third-order valence-electron chi connectivity index (χ3n) is 4.36. The Morgan fingerprint density at radius 1 is 1.04 bits per heavy atom. The summed E-state index contributed by atoms with van der Waals surface area (Å²) >= 11 is 0. The number of likely N-dealkylation sites (N-methyl/N-ethyl adjacent to an activating group) is 1. The summed E-state index contributed by atoms with van der Waals surface area (Å²) in [5.41, 5.74) is 2.26. The molecule has 0 aliphatic carbocycles. The first kappa shape index (κ1) is 21.0. The summed E-state index contributed by atoms with van der Waals surface area (Å²) in [5, 5.41) is 0. The minimum atomic E-state index is -0.707. The van der Waals surface area contributed by atoms with E-state index >= 15 is 0 Å². The van der Waals surface area contributed by atoms with Crippen molar-refractivity contribution in [3.05, 3.63) is 52.3 Å². The van der Waals surface area contributed by atoms with Gasteiger partial charge in [0.1, 0.15) is 11.4 Å². The topological polar surface area (TPSA) is 97.9 Å². The number of nitrogens with zero attached hydrogens (tertiary/aromatic N) is 1. The third-order valence-corrected chi connectivity index (χ3v) is 4.36. The lowest BCUT2D eigenvalue weighted by Crippen LogP contribution is -2.31. The predicted molar refractivity (Wildman–Crippen MR) is 101 cm³/mol. The number of H-pyrrole nitrogens is 1. The Bertz CT molecular complexity index is 870. The summed E-state index contributed by atoms with van der Waals surface area (Å²) in [4.78, 5) is 40.6. The lowest BCUT2D eigenvalue weighted by Gasteiger charge is -2.17. The molecule has 1 heterocycles. The van der Waals surface area contributed by atoms with E-state index in [9.17, 15) is 14.4 Å². The maximum absolute atomic E-state index is 12.3. The van der Waals surface area contributed by atoms with Crippen LogP contribution in [0.15, 0.2) is 24.3 Å². The van der Waals surface area contributed by atoms with Crippen LogP contribution in [-0.4, -0.2) is 55.6 Å². The first-order chi connectivity index (χ1) is 13.3. The molecular formula is C20H24N2O6. The number of amides is 1. The number of hydrogen-bond donors (Lipinski definition) is 1. The van der Waals surface area contributed by atoms with Crippen molar-refractivity contribution in [2.75, 3.05) is 27.9 Å². The van der Waals surface area contributed by atoms with Crippen LogP contribution in [0, 0.1) is 13.8 Å². The molecule has 0 fully saturated rings. The number of benzene rings is 1. The highest BCUT2D eigenvalue weighted by atomic mass is 16.5. The Labute approximate surface area is 163 Å². The normalized spacial score (nSPS) is 10.3. The molecule has 2 aromatic rings. The molecule has 8 heteroatoms. The molecule has 150 valence electrons. The number of hydrogen-bond acceptors (Lipinski definition) is 6. The van der Waals surface area contributed by atoms with E-state index in [-0.39, 0.29) is 17.2 Å². The van der Waals surface area contributed by atoms with Crippen LogP contribution < -0.4 is 4.74 Å². The molecule has 2 rings (SSSR count). The summed E-state index contributed by atoms with van der Waals surface area (Å²) in [7, 11) is 4.48. The van der Waals surface area contributed by atoms with Crippen molar-refractivity contribution in [3.63, 3.8) is 0 Å². The molecule has 0 saturated carbocycles. The smallest absolute Gasteiger partial charge is 0.355 e. The van der Waals surface area contributed by atoms with Crippen LogP contribution in [0.25, 0.3) is 0 Å². The second-order valence-electron chi connectivity index (χ2n) is 6.29. The van der Waals surface area contributed by atoms with Crippen LogP contribution in [-0.2, 0) is 20.8 Å². The zero-order valence-corrected chi connectivity index (χ0v) is 16.6. The van der Waals surface area contributed by atoms with E-state index in [2.05, 4.69) is 4.98 Å². The number of nitrogens with one attached hydrogen (secondary N) is 1. The zero-order valence-electron chi connectivity index (χ0n) is 16.6. The Balaban J connectivity index is 1.96. The molecule has 1 N–H and O–H groups in total. The lowest BCUT2D eigenvalue weighted by molar-refractivity contribution is -0.133.